The molecule has 2 aromatic carbocycles. The smallest absolute Gasteiger partial charge is 0.175 e. The van der Waals surface area contributed by atoms with Gasteiger partial charge in [0.2, 0.25) is 0 Å². The van der Waals surface area contributed by atoms with Crippen molar-refractivity contribution in [3.05, 3.63) is 63.4 Å². The molecule has 0 aromatic heterocycles. The molecule has 2 nitrogen and oxygen atoms in total. The molecule has 0 unspecified atom stereocenters. The van der Waals surface area contributed by atoms with Gasteiger partial charge in [0.1, 0.15) is 0 Å². The summed E-state index contributed by atoms with van der Waals surface area (Å²) in [5, 5.41) is 0.776. The van der Waals surface area contributed by atoms with E-state index in [0.29, 0.717) is 15.6 Å². The summed E-state index contributed by atoms with van der Waals surface area (Å²) in [5.41, 5.74) is 0.669. The highest BCUT2D eigenvalue weighted by molar-refractivity contribution is 6.42. The van der Waals surface area contributed by atoms with Gasteiger partial charge in [-0.2, -0.15) is 0 Å². The van der Waals surface area contributed by atoms with Crippen molar-refractivity contribution in [1.82, 2.24) is 0 Å². The Bertz CT molecular complexity index is 656. The number of hydrogen-bond acceptors (Lipinski definition) is 2. The van der Waals surface area contributed by atoms with Gasteiger partial charge in [-0.1, -0.05) is 35.3 Å². The second-order valence-electron chi connectivity index (χ2n) is 4.17. The van der Waals surface area contributed by atoms with Crippen molar-refractivity contribution in [2.24, 2.45) is 0 Å². The fraction of sp³-hybridized carbons (Fsp3) is 0.133. The van der Waals surface area contributed by atoms with Crippen LogP contribution in [0.25, 0.3) is 0 Å². The summed E-state index contributed by atoms with van der Waals surface area (Å²) in [6.07, 6.45) is 0.0426. The first-order valence-electron chi connectivity index (χ1n) is 5.82. The van der Waals surface area contributed by atoms with Gasteiger partial charge in [-0.25, -0.2) is 4.39 Å². The van der Waals surface area contributed by atoms with E-state index in [4.69, 9.17) is 27.9 Å². The molecule has 5 heteroatoms. The number of carbonyl (C=O) groups excluding carboxylic acids is 1. The Morgan fingerprint density at radius 1 is 1.20 bits per heavy atom. The predicted octanol–water partition coefficient (Wildman–Crippen LogP) is 4.57. The van der Waals surface area contributed by atoms with Crippen LogP contribution in [-0.4, -0.2) is 12.9 Å². The number of methoxy groups -OCH3 is 1. The summed E-state index contributed by atoms with van der Waals surface area (Å²) in [6.45, 7) is 0. The van der Waals surface area contributed by atoms with Gasteiger partial charge in [0.25, 0.3) is 0 Å². The average molecular weight is 313 g/mol. The molecule has 0 saturated carbocycles. The summed E-state index contributed by atoms with van der Waals surface area (Å²) >= 11 is 11.7. The van der Waals surface area contributed by atoms with Crippen molar-refractivity contribution >= 4 is 29.0 Å². The van der Waals surface area contributed by atoms with Crippen molar-refractivity contribution in [2.75, 3.05) is 7.11 Å². The van der Waals surface area contributed by atoms with E-state index in [0.717, 1.165) is 0 Å². The number of benzene rings is 2. The summed E-state index contributed by atoms with van der Waals surface area (Å²) < 4.78 is 18.8. The molecular weight excluding hydrogens is 302 g/mol. The Morgan fingerprint density at radius 3 is 2.60 bits per heavy atom. The molecular formula is C15H11Cl2FO2. The van der Waals surface area contributed by atoms with Crippen LogP contribution >= 0.6 is 23.2 Å². The van der Waals surface area contributed by atoms with E-state index in [9.17, 15) is 9.18 Å². The van der Waals surface area contributed by atoms with Gasteiger partial charge in [-0.3, -0.25) is 4.79 Å². The Morgan fingerprint density at radius 2 is 1.95 bits per heavy atom. The van der Waals surface area contributed by atoms with Crippen molar-refractivity contribution in [2.45, 2.75) is 6.42 Å². The Kier molecular flexibility index (Phi) is 4.63. The van der Waals surface area contributed by atoms with Gasteiger partial charge in [-0.05, 0) is 29.8 Å². The minimum absolute atomic E-state index is 0.00424. The minimum Gasteiger partial charge on any atom is -0.494 e. The van der Waals surface area contributed by atoms with E-state index in [1.54, 1.807) is 24.3 Å². The van der Waals surface area contributed by atoms with E-state index >= 15 is 0 Å². The number of halogens is 3. The lowest BCUT2D eigenvalue weighted by Gasteiger charge is -2.07. The second-order valence-corrected chi connectivity index (χ2v) is 4.98. The first-order chi connectivity index (χ1) is 9.52. The van der Waals surface area contributed by atoms with Crippen LogP contribution in [0.3, 0.4) is 0 Å². The fourth-order valence-corrected chi connectivity index (χ4v) is 2.13. The Labute approximate surface area is 126 Å². The van der Waals surface area contributed by atoms with E-state index in [1.165, 1.54) is 19.2 Å². The zero-order valence-electron chi connectivity index (χ0n) is 10.6. The van der Waals surface area contributed by atoms with Crippen LogP contribution in [0, 0.1) is 5.82 Å². The van der Waals surface area contributed by atoms with E-state index in [1.807, 2.05) is 0 Å². The number of ketones is 1. The summed E-state index contributed by atoms with van der Waals surface area (Å²) in [5.74, 6) is -0.954. The molecule has 2 aromatic rings. The van der Waals surface area contributed by atoms with Gasteiger partial charge in [0.05, 0.1) is 22.7 Å². The maximum absolute atomic E-state index is 14.0. The molecule has 0 N–H and O–H groups in total. The van der Waals surface area contributed by atoms with Gasteiger partial charge in [0.15, 0.2) is 17.3 Å². The van der Waals surface area contributed by atoms with Gasteiger partial charge < -0.3 is 4.74 Å². The molecule has 0 aliphatic rings. The number of ether oxygens (including phenoxy) is 1. The third-order valence-corrected chi connectivity index (χ3v) is 3.57. The standard InChI is InChI=1S/C15H11Cl2FO2/c1-20-14-4-2-3-10(15(14)18)13(19)8-9-5-6-11(16)12(17)7-9/h2-7H,8H2,1H3. The lowest BCUT2D eigenvalue weighted by Crippen LogP contribution is -2.07. The number of Topliss-reactive ketones (excluding diaryl/α,β-unsaturated/α-hetero) is 1. The highest BCUT2D eigenvalue weighted by Gasteiger charge is 2.16. The van der Waals surface area contributed by atoms with Crippen LogP contribution in [0.5, 0.6) is 5.75 Å². The first-order valence-corrected chi connectivity index (χ1v) is 6.58. The van der Waals surface area contributed by atoms with Crippen LogP contribution in [-0.2, 0) is 6.42 Å². The molecule has 0 saturated heterocycles. The van der Waals surface area contributed by atoms with Crippen molar-refractivity contribution in [3.63, 3.8) is 0 Å². The van der Waals surface area contributed by atoms with Crippen LogP contribution < -0.4 is 4.74 Å². The van der Waals surface area contributed by atoms with E-state index in [2.05, 4.69) is 0 Å². The number of carbonyl (C=O) groups is 1. The van der Waals surface area contributed by atoms with Crippen LogP contribution in [0.15, 0.2) is 36.4 Å². The normalized spacial score (nSPS) is 10.4. The highest BCUT2D eigenvalue weighted by Crippen LogP contribution is 2.25. The SMILES string of the molecule is COc1cccc(C(=O)Cc2ccc(Cl)c(Cl)c2)c1F. The molecule has 104 valence electrons. The molecule has 0 atom stereocenters. The molecule has 0 radical (unpaired) electrons. The third kappa shape index (κ3) is 3.11. The first kappa shape index (κ1) is 14.8. The van der Waals surface area contributed by atoms with Gasteiger partial charge >= 0.3 is 0 Å². The van der Waals surface area contributed by atoms with E-state index in [-0.39, 0.29) is 23.5 Å². The van der Waals surface area contributed by atoms with Gasteiger partial charge in [0, 0.05) is 6.42 Å². The minimum atomic E-state index is -0.653. The Hall–Kier alpha value is -1.58. The molecule has 0 heterocycles. The third-order valence-electron chi connectivity index (χ3n) is 2.83. The zero-order valence-corrected chi connectivity index (χ0v) is 12.1. The van der Waals surface area contributed by atoms with Gasteiger partial charge in [-0.15, -0.1) is 0 Å². The lowest BCUT2D eigenvalue weighted by molar-refractivity contribution is 0.0988. The summed E-state index contributed by atoms with van der Waals surface area (Å²) in [4.78, 5) is 12.1. The van der Waals surface area contributed by atoms with Crippen LogP contribution in [0.2, 0.25) is 10.0 Å². The van der Waals surface area contributed by atoms with Crippen LogP contribution in [0.1, 0.15) is 15.9 Å². The molecule has 0 aliphatic carbocycles. The highest BCUT2D eigenvalue weighted by atomic mass is 35.5. The number of rotatable bonds is 4. The van der Waals surface area contributed by atoms with E-state index < -0.39 is 5.82 Å². The average Bonchev–Trinajstić information content (AvgIpc) is 2.43. The van der Waals surface area contributed by atoms with Crippen molar-refractivity contribution < 1.29 is 13.9 Å². The second kappa shape index (κ2) is 6.25. The summed E-state index contributed by atoms with van der Waals surface area (Å²) in [7, 11) is 1.35. The predicted molar refractivity (Wildman–Crippen MR) is 77.4 cm³/mol. The molecule has 0 bridgehead atoms. The lowest BCUT2D eigenvalue weighted by atomic mass is 10.0. The fourth-order valence-electron chi connectivity index (χ4n) is 1.81. The molecule has 20 heavy (non-hydrogen) atoms. The Balaban J connectivity index is 2.26. The quantitative estimate of drug-likeness (QED) is 0.773. The summed E-state index contributed by atoms with van der Waals surface area (Å²) in [6, 6.07) is 9.35. The topological polar surface area (TPSA) is 26.3 Å². The molecule has 0 spiro atoms. The molecule has 0 aliphatic heterocycles. The maximum Gasteiger partial charge on any atom is 0.175 e. The molecule has 0 amide bonds. The van der Waals surface area contributed by atoms with Crippen molar-refractivity contribution in [1.29, 1.82) is 0 Å². The van der Waals surface area contributed by atoms with Crippen molar-refractivity contribution in [3.8, 4) is 5.75 Å². The largest absolute Gasteiger partial charge is 0.494 e. The molecule has 0 fully saturated rings. The zero-order chi connectivity index (χ0) is 14.7. The number of hydrogen-bond donors (Lipinski definition) is 0. The van der Waals surface area contributed by atoms with Crippen LogP contribution in [0.4, 0.5) is 4.39 Å². The molecule has 2 rings (SSSR count). The maximum atomic E-state index is 14.0. The monoisotopic (exact) mass is 312 g/mol.